The highest BCUT2D eigenvalue weighted by Gasteiger charge is 2.16. The van der Waals surface area contributed by atoms with Crippen LogP contribution in [0.5, 0.6) is 0 Å². The summed E-state index contributed by atoms with van der Waals surface area (Å²) in [6.45, 7) is 0. The Kier molecular flexibility index (Phi) is 4.31. The lowest BCUT2D eigenvalue weighted by atomic mass is 9.95. The van der Waals surface area contributed by atoms with E-state index in [1.54, 1.807) is 12.1 Å². The quantitative estimate of drug-likeness (QED) is 0.737. The van der Waals surface area contributed by atoms with E-state index in [2.05, 4.69) is 10.0 Å². The number of nitrogen functional groups attached to an aromatic ring is 1. The second kappa shape index (κ2) is 5.79. The Labute approximate surface area is 114 Å². The molecule has 0 bridgehead atoms. The van der Waals surface area contributed by atoms with Crippen LogP contribution in [0.15, 0.2) is 23.1 Å². The first kappa shape index (κ1) is 14.1. The molecule has 0 aromatic heterocycles. The van der Waals surface area contributed by atoms with Crippen LogP contribution in [-0.2, 0) is 10.0 Å². The Bertz CT molecular complexity index is 537. The third kappa shape index (κ3) is 3.39. The summed E-state index contributed by atoms with van der Waals surface area (Å²) in [7, 11) is -2.04. The van der Waals surface area contributed by atoms with Crippen molar-refractivity contribution in [1.29, 1.82) is 0 Å². The maximum atomic E-state index is 11.7. The molecule has 106 valence electrons. The summed E-state index contributed by atoms with van der Waals surface area (Å²) in [5.41, 5.74) is 7.23. The summed E-state index contributed by atoms with van der Waals surface area (Å²) in [5.74, 6) is 0. The van der Waals surface area contributed by atoms with Crippen molar-refractivity contribution in [1.82, 2.24) is 4.72 Å². The standard InChI is InChI=1S/C13H21N3O2S/c1-15-19(17,18)11-7-8-13(12(14)9-11)16-10-5-3-2-4-6-10/h7-10,15-16H,2-6,14H2,1H3. The van der Waals surface area contributed by atoms with E-state index in [1.165, 1.54) is 32.4 Å². The lowest BCUT2D eigenvalue weighted by Gasteiger charge is -2.24. The van der Waals surface area contributed by atoms with Gasteiger partial charge in [-0.3, -0.25) is 0 Å². The van der Waals surface area contributed by atoms with E-state index >= 15 is 0 Å². The van der Waals surface area contributed by atoms with Gasteiger partial charge in [-0.1, -0.05) is 19.3 Å². The molecule has 4 N–H and O–H groups in total. The van der Waals surface area contributed by atoms with E-state index in [0.717, 1.165) is 18.5 Å². The molecular weight excluding hydrogens is 262 g/mol. The van der Waals surface area contributed by atoms with Gasteiger partial charge in [0.2, 0.25) is 10.0 Å². The summed E-state index contributed by atoms with van der Waals surface area (Å²) in [5, 5.41) is 3.41. The average molecular weight is 283 g/mol. The normalized spacial score (nSPS) is 17.3. The fourth-order valence-corrected chi connectivity index (χ4v) is 3.19. The molecule has 0 unspecified atom stereocenters. The minimum absolute atomic E-state index is 0.196. The summed E-state index contributed by atoms with van der Waals surface area (Å²) in [6, 6.07) is 5.27. The van der Waals surface area contributed by atoms with E-state index in [1.807, 2.05) is 0 Å². The second-order valence-corrected chi connectivity index (χ2v) is 6.82. The molecule has 5 nitrogen and oxygen atoms in total. The van der Waals surface area contributed by atoms with Crippen molar-refractivity contribution in [2.24, 2.45) is 0 Å². The molecule has 0 amide bonds. The summed E-state index contributed by atoms with van der Waals surface area (Å²) in [4.78, 5) is 0.196. The third-order valence-electron chi connectivity index (χ3n) is 3.57. The topological polar surface area (TPSA) is 84.2 Å². The van der Waals surface area contributed by atoms with Crippen LogP contribution in [-0.4, -0.2) is 21.5 Å². The highest BCUT2D eigenvalue weighted by molar-refractivity contribution is 7.89. The lowest BCUT2D eigenvalue weighted by molar-refractivity contribution is 0.463. The first-order valence-electron chi connectivity index (χ1n) is 6.62. The molecule has 1 aliphatic rings. The SMILES string of the molecule is CNS(=O)(=O)c1ccc(NC2CCCCC2)c(N)c1. The number of hydrogen-bond acceptors (Lipinski definition) is 4. The first-order chi connectivity index (χ1) is 9.03. The van der Waals surface area contributed by atoms with E-state index in [-0.39, 0.29) is 4.90 Å². The molecule has 0 aliphatic heterocycles. The monoisotopic (exact) mass is 283 g/mol. The number of hydrogen-bond donors (Lipinski definition) is 3. The molecule has 6 heteroatoms. The molecule has 1 saturated carbocycles. The minimum Gasteiger partial charge on any atom is -0.397 e. The molecular formula is C13H21N3O2S. The minimum atomic E-state index is -3.43. The molecule has 1 aliphatic carbocycles. The molecule has 1 aromatic rings. The summed E-state index contributed by atoms with van der Waals surface area (Å²) in [6.07, 6.45) is 6.08. The number of nitrogens with two attached hydrogens (primary N) is 1. The zero-order chi connectivity index (χ0) is 13.9. The molecule has 0 saturated heterocycles. The van der Waals surface area contributed by atoms with Crippen molar-refractivity contribution in [2.75, 3.05) is 18.1 Å². The van der Waals surface area contributed by atoms with Gasteiger partial charge in [-0.25, -0.2) is 13.1 Å². The Morgan fingerprint density at radius 1 is 1.21 bits per heavy atom. The second-order valence-electron chi connectivity index (χ2n) is 4.94. The maximum absolute atomic E-state index is 11.7. The van der Waals surface area contributed by atoms with Crippen LogP contribution < -0.4 is 15.8 Å². The molecule has 0 atom stereocenters. The van der Waals surface area contributed by atoms with Gasteiger partial charge in [0.15, 0.2) is 0 Å². The number of sulfonamides is 1. The fraction of sp³-hybridized carbons (Fsp3) is 0.538. The highest BCUT2D eigenvalue weighted by atomic mass is 32.2. The Balaban J connectivity index is 2.15. The maximum Gasteiger partial charge on any atom is 0.240 e. The molecule has 19 heavy (non-hydrogen) atoms. The molecule has 0 radical (unpaired) electrons. The van der Waals surface area contributed by atoms with Crippen molar-refractivity contribution in [3.8, 4) is 0 Å². The van der Waals surface area contributed by atoms with Crippen LogP contribution in [0.2, 0.25) is 0 Å². The Hall–Kier alpha value is -1.27. The number of nitrogens with one attached hydrogen (secondary N) is 2. The van der Waals surface area contributed by atoms with Crippen molar-refractivity contribution in [3.05, 3.63) is 18.2 Å². The van der Waals surface area contributed by atoms with Crippen molar-refractivity contribution in [3.63, 3.8) is 0 Å². The molecule has 1 fully saturated rings. The largest absolute Gasteiger partial charge is 0.397 e. The van der Waals surface area contributed by atoms with Crippen LogP contribution >= 0.6 is 0 Å². The molecule has 2 rings (SSSR count). The molecule has 0 spiro atoms. The predicted molar refractivity (Wildman–Crippen MR) is 77.6 cm³/mol. The van der Waals surface area contributed by atoms with Crippen molar-refractivity contribution in [2.45, 2.75) is 43.0 Å². The Morgan fingerprint density at radius 3 is 2.47 bits per heavy atom. The van der Waals surface area contributed by atoms with Crippen LogP contribution in [0.25, 0.3) is 0 Å². The highest BCUT2D eigenvalue weighted by Crippen LogP contribution is 2.27. The summed E-state index contributed by atoms with van der Waals surface area (Å²) >= 11 is 0. The number of rotatable bonds is 4. The van der Waals surface area contributed by atoms with Gasteiger partial charge in [0, 0.05) is 6.04 Å². The number of benzene rings is 1. The summed E-state index contributed by atoms with van der Waals surface area (Å²) < 4.78 is 25.6. The van der Waals surface area contributed by atoms with Gasteiger partial charge in [-0.2, -0.15) is 0 Å². The zero-order valence-corrected chi connectivity index (χ0v) is 12.0. The van der Waals surface area contributed by atoms with E-state index in [0.29, 0.717) is 11.7 Å². The van der Waals surface area contributed by atoms with Crippen LogP contribution in [0.1, 0.15) is 32.1 Å². The van der Waals surface area contributed by atoms with E-state index in [4.69, 9.17) is 5.73 Å². The molecule has 0 heterocycles. The van der Waals surface area contributed by atoms with Gasteiger partial charge >= 0.3 is 0 Å². The van der Waals surface area contributed by atoms with Crippen LogP contribution in [0.3, 0.4) is 0 Å². The van der Waals surface area contributed by atoms with Crippen molar-refractivity contribution < 1.29 is 8.42 Å². The van der Waals surface area contributed by atoms with Gasteiger partial charge in [0.1, 0.15) is 0 Å². The van der Waals surface area contributed by atoms with Crippen molar-refractivity contribution >= 4 is 21.4 Å². The fourth-order valence-electron chi connectivity index (χ4n) is 2.42. The van der Waals surface area contributed by atoms with E-state index in [9.17, 15) is 8.42 Å². The van der Waals surface area contributed by atoms with Gasteiger partial charge < -0.3 is 11.1 Å². The van der Waals surface area contributed by atoms with Gasteiger partial charge in [0.05, 0.1) is 16.3 Å². The van der Waals surface area contributed by atoms with Crippen LogP contribution in [0.4, 0.5) is 11.4 Å². The van der Waals surface area contributed by atoms with Crippen LogP contribution in [0, 0.1) is 0 Å². The predicted octanol–water partition coefficient (Wildman–Crippen LogP) is 1.92. The Morgan fingerprint density at radius 2 is 1.89 bits per heavy atom. The lowest BCUT2D eigenvalue weighted by Crippen LogP contribution is -2.23. The van der Waals surface area contributed by atoms with E-state index < -0.39 is 10.0 Å². The zero-order valence-electron chi connectivity index (χ0n) is 11.1. The number of anilines is 2. The van der Waals surface area contributed by atoms with Gasteiger partial charge in [-0.05, 0) is 38.1 Å². The van der Waals surface area contributed by atoms with Gasteiger partial charge in [0.25, 0.3) is 0 Å². The smallest absolute Gasteiger partial charge is 0.240 e. The average Bonchev–Trinajstić information content (AvgIpc) is 2.42. The molecule has 1 aromatic carbocycles. The first-order valence-corrected chi connectivity index (χ1v) is 8.11. The van der Waals surface area contributed by atoms with Gasteiger partial charge in [-0.15, -0.1) is 0 Å². The third-order valence-corrected chi connectivity index (χ3v) is 4.98.